The second-order valence-electron chi connectivity index (χ2n) is 8.65. The highest BCUT2D eigenvalue weighted by atomic mass is 32.2. The van der Waals surface area contributed by atoms with Gasteiger partial charge >= 0.3 is 0 Å². The highest BCUT2D eigenvalue weighted by molar-refractivity contribution is 7.90. The van der Waals surface area contributed by atoms with Gasteiger partial charge in [-0.1, -0.05) is 32.0 Å². The lowest BCUT2D eigenvalue weighted by atomic mass is 10.1. The molecule has 0 saturated carbocycles. The first-order valence-electron chi connectivity index (χ1n) is 11.4. The molecule has 4 rings (SSSR count). The zero-order chi connectivity index (χ0) is 26.6. The zero-order valence-corrected chi connectivity index (χ0v) is 21.2. The number of nitrogens with one attached hydrogen (secondary N) is 2. The number of carbonyl (C=O) groups excluding carboxylic acids is 1. The summed E-state index contributed by atoms with van der Waals surface area (Å²) in [5.74, 6) is -0.644. The largest absolute Gasteiger partial charge is 0.493 e. The van der Waals surface area contributed by atoms with Crippen LogP contribution < -0.4 is 14.2 Å². The summed E-state index contributed by atoms with van der Waals surface area (Å²) in [7, 11) is -4.22. The third-order valence-corrected chi connectivity index (χ3v) is 6.41. The van der Waals surface area contributed by atoms with Crippen molar-refractivity contribution < 1.29 is 27.1 Å². The van der Waals surface area contributed by atoms with Crippen LogP contribution in [0.2, 0.25) is 0 Å². The Morgan fingerprint density at radius 2 is 1.89 bits per heavy atom. The lowest BCUT2D eigenvalue weighted by Gasteiger charge is -2.14. The first-order chi connectivity index (χ1) is 17.6. The predicted octanol–water partition coefficient (Wildman–Crippen LogP) is 4.87. The van der Waals surface area contributed by atoms with Crippen LogP contribution in [-0.4, -0.2) is 36.1 Å². The van der Waals surface area contributed by atoms with E-state index in [-0.39, 0.29) is 22.4 Å². The number of nitrogens with zero attached hydrogens (tertiary/aromatic N) is 2. The molecular formula is C26H25FN4O5S. The van der Waals surface area contributed by atoms with Crippen molar-refractivity contribution in [3.05, 3.63) is 83.8 Å². The highest BCUT2D eigenvalue weighted by Gasteiger charge is 2.24. The molecule has 2 aromatic carbocycles. The molecule has 0 radical (unpaired) electrons. The van der Waals surface area contributed by atoms with Gasteiger partial charge in [-0.3, -0.25) is 9.89 Å². The SMILES string of the molecule is Cc1ccccc1Oc1nc(-c2cc(F)cc(OCC(C)C)c2)ccc1C(=O)NS(=O)(=O)c1ccn[nH]1. The summed E-state index contributed by atoms with van der Waals surface area (Å²) >= 11 is 0. The maximum Gasteiger partial charge on any atom is 0.281 e. The number of H-pyrrole nitrogens is 1. The quantitative estimate of drug-likeness (QED) is 0.320. The molecule has 0 atom stereocenters. The fourth-order valence-electron chi connectivity index (χ4n) is 3.31. The van der Waals surface area contributed by atoms with Crippen molar-refractivity contribution in [2.45, 2.75) is 25.8 Å². The summed E-state index contributed by atoms with van der Waals surface area (Å²) in [5, 5.41) is 5.63. The molecule has 37 heavy (non-hydrogen) atoms. The van der Waals surface area contributed by atoms with Crippen LogP contribution in [0.15, 0.2) is 71.9 Å². The molecule has 0 bridgehead atoms. The minimum Gasteiger partial charge on any atom is -0.493 e. The summed E-state index contributed by atoms with van der Waals surface area (Å²) in [4.78, 5) is 17.5. The number of aromatic amines is 1. The third-order valence-electron chi connectivity index (χ3n) is 5.15. The van der Waals surface area contributed by atoms with Crippen molar-refractivity contribution in [2.75, 3.05) is 6.61 Å². The smallest absolute Gasteiger partial charge is 0.281 e. The van der Waals surface area contributed by atoms with E-state index in [0.29, 0.717) is 29.4 Å². The lowest BCUT2D eigenvalue weighted by Crippen LogP contribution is -2.31. The van der Waals surface area contributed by atoms with E-state index in [2.05, 4.69) is 15.2 Å². The molecule has 0 unspecified atom stereocenters. The lowest BCUT2D eigenvalue weighted by molar-refractivity contribution is 0.0978. The number of benzene rings is 2. The van der Waals surface area contributed by atoms with Gasteiger partial charge in [0.25, 0.3) is 15.9 Å². The molecule has 4 aromatic rings. The van der Waals surface area contributed by atoms with Crippen molar-refractivity contribution in [3.8, 4) is 28.6 Å². The van der Waals surface area contributed by atoms with E-state index in [9.17, 15) is 17.6 Å². The topological polar surface area (TPSA) is 123 Å². The van der Waals surface area contributed by atoms with E-state index in [4.69, 9.17) is 9.47 Å². The van der Waals surface area contributed by atoms with Crippen LogP contribution in [0.25, 0.3) is 11.3 Å². The Morgan fingerprint density at radius 3 is 2.59 bits per heavy atom. The number of rotatable bonds is 9. The zero-order valence-electron chi connectivity index (χ0n) is 20.4. The van der Waals surface area contributed by atoms with E-state index in [1.165, 1.54) is 36.5 Å². The number of pyridine rings is 1. The van der Waals surface area contributed by atoms with Gasteiger partial charge < -0.3 is 9.47 Å². The van der Waals surface area contributed by atoms with Crippen molar-refractivity contribution in [1.29, 1.82) is 0 Å². The van der Waals surface area contributed by atoms with Crippen molar-refractivity contribution in [1.82, 2.24) is 19.9 Å². The molecule has 9 nitrogen and oxygen atoms in total. The number of aromatic nitrogens is 3. The highest BCUT2D eigenvalue weighted by Crippen LogP contribution is 2.31. The molecule has 0 aliphatic heterocycles. The third kappa shape index (κ3) is 6.31. The summed E-state index contributed by atoms with van der Waals surface area (Å²) in [5.41, 5.74) is 1.32. The number of amides is 1. The number of hydrogen-bond acceptors (Lipinski definition) is 7. The number of carbonyl (C=O) groups is 1. The van der Waals surface area contributed by atoms with Crippen LogP contribution in [-0.2, 0) is 10.0 Å². The number of hydrogen-bond donors (Lipinski definition) is 2. The molecule has 192 valence electrons. The standard InChI is InChI=1S/C26H25FN4O5S/c1-16(2)15-35-20-13-18(12-19(27)14-20)22-9-8-21(25(32)31-37(33,34)24-10-11-28-30-24)26(29-22)36-23-7-5-4-6-17(23)3/h4-14,16H,15H2,1-3H3,(H,28,30)(H,31,32). The summed E-state index contributed by atoms with van der Waals surface area (Å²) < 4.78 is 53.1. The number of halogens is 1. The Morgan fingerprint density at radius 1 is 1.11 bits per heavy atom. The summed E-state index contributed by atoms with van der Waals surface area (Å²) in [6.07, 6.45) is 1.25. The normalized spacial score (nSPS) is 11.4. The van der Waals surface area contributed by atoms with Crippen molar-refractivity contribution >= 4 is 15.9 Å². The molecule has 0 aliphatic rings. The molecule has 11 heteroatoms. The number of ether oxygens (including phenoxy) is 2. The second-order valence-corrected chi connectivity index (χ2v) is 10.3. The predicted molar refractivity (Wildman–Crippen MR) is 134 cm³/mol. The van der Waals surface area contributed by atoms with Crippen LogP contribution in [0, 0.1) is 18.7 Å². The Labute approximate surface area is 213 Å². The maximum atomic E-state index is 14.4. The average molecular weight is 525 g/mol. The van der Waals surface area contributed by atoms with Crippen LogP contribution >= 0.6 is 0 Å². The average Bonchev–Trinajstić information content (AvgIpc) is 3.40. The molecule has 2 heterocycles. The van der Waals surface area contributed by atoms with Crippen LogP contribution in [0.4, 0.5) is 4.39 Å². The van der Waals surface area contributed by atoms with E-state index in [1.807, 2.05) is 37.6 Å². The van der Waals surface area contributed by atoms with E-state index < -0.39 is 21.7 Å². The van der Waals surface area contributed by atoms with E-state index >= 15 is 0 Å². The first-order valence-corrected chi connectivity index (χ1v) is 12.9. The Bertz CT molecular complexity index is 1520. The van der Waals surface area contributed by atoms with Gasteiger partial charge in [-0.2, -0.15) is 13.5 Å². The van der Waals surface area contributed by atoms with Gasteiger partial charge in [0.05, 0.1) is 18.5 Å². The first kappa shape index (κ1) is 25.8. The van der Waals surface area contributed by atoms with E-state index in [1.54, 1.807) is 18.2 Å². The van der Waals surface area contributed by atoms with Gasteiger partial charge in [0, 0.05) is 11.6 Å². The minimum atomic E-state index is -4.22. The number of para-hydroxylation sites is 1. The summed E-state index contributed by atoms with van der Waals surface area (Å²) in [6, 6.07) is 15.3. The van der Waals surface area contributed by atoms with Gasteiger partial charge in [0.1, 0.15) is 22.9 Å². The van der Waals surface area contributed by atoms with E-state index in [0.717, 1.165) is 5.56 Å². The summed E-state index contributed by atoms with van der Waals surface area (Å²) in [6.45, 7) is 6.18. The van der Waals surface area contributed by atoms with Crippen LogP contribution in [0.5, 0.6) is 17.4 Å². The molecular weight excluding hydrogens is 499 g/mol. The Balaban J connectivity index is 1.74. The molecule has 2 aromatic heterocycles. The second kappa shape index (κ2) is 10.8. The molecule has 1 amide bonds. The van der Waals surface area contributed by atoms with Gasteiger partial charge in [0.2, 0.25) is 5.88 Å². The molecule has 0 aliphatic carbocycles. The maximum absolute atomic E-state index is 14.4. The van der Waals surface area contributed by atoms with Gasteiger partial charge in [0.15, 0.2) is 5.03 Å². The molecule has 0 saturated heterocycles. The molecule has 2 N–H and O–H groups in total. The van der Waals surface area contributed by atoms with Crippen LogP contribution in [0.1, 0.15) is 29.8 Å². The van der Waals surface area contributed by atoms with Crippen LogP contribution in [0.3, 0.4) is 0 Å². The fourth-order valence-corrected chi connectivity index (χ4v) is 4.19. The number of sulfonamides is 1. The fraction of sp³-hybridized carbons (Fsp3) is 0.192. The van der Waals surface area contributed by atoms with Crippen molar-refractivity contribution in [2.24, 2.45) is 5.92 Å². The minimum absolute atomic E-state index is 0.136. The van der Waals surface area contributed by atoms with Gasteiger partial charge in [-0.05, 0) is 54.8 Å². The Kier molecular flexibility index (Phi) is 7.53. The van der Waals surface area contributed by atoms with Gasteiger partial charge in [-0.25, -0.2) is 14.1 Å². The molecule has 0 spiro atoms. The monoisotopic (exact) mass is 524 g/mol. The van der Waals surface area contributed by atoms with Gasteiger partial charge in [-0.15, -0.1) is 0 Å². The number of aryl methyl sites for hydroxylation is 1. The van der Waals surface area contributed by atoms with Crippen molar-refractivity contribution in [3.63, 3.8) is 0 Å². The molecule has 0 fully saturated rings. The Hall–Kier alpha value is -4.25.